The predicted octanol–water partition coefficient (Wildman–Crippen LogP) is 1.69. The molecule has 2 heterocycles. The van der Waals surface area contributed by atoms with Crippen molar-refractivity contribution >= 4 is 6.29 Å². The molecule has 1 saturated heterocycles. The van der Waals surface area contributed by atoms with Crippen LogP contribution in [0.1, 0.15) is 31.9 Å². The lowest BCUT2D eigenvalue weighted by Gasteiger charge is -2.19. The zero-order valence-electron chi connectivity index (χ0n) is 10.6. The van der Waals surface area contributed by atoms with Crippen LogP contribution in [0.3, 0.4) is 0 Å². The normalized spacial score (nSPS) is 21.2. The molecular formula is C13H20N2O2. The minimum absolute atomic E-state index is 0.353. The average Bonchev–Trinajstić information content (AvgIpc) is 2.89. The summed E-state index contributed by atoms with van der Waals surface area (Å²) in [5.41, 5.74) is 0.744. The summed E-state index contributed by atoms with van der Waals surface area (Å²) in [5.74, 6) is 1.41. The monoisotopic (exact) mass is 236 g/mol. The molecule has 0 radical (unpaired) electrons. The van der Waals surface area contributed by atoms with Crippen molar-refractivity contribution in [2.75, 3.05) is 13.1 Å². The maximum atomic E-state index is 10.4. The van der Waals surface area contributed by atoms with E-state index in [-0.39, 0.29) is 0 Å². The molecule has 4 heteroatoms. The van der Waals surface area contributed by atoms with Gasteiger partial charge in [0.15, 0.2) is 5.89 Å². The van der Waals surface area contributed by atoms with E-state index in [1.807, 2.05) is 0 Å². The molecule has 0 bridgehead atoms. The highest BCUT2D eigenvalue weighted by atomic mass is 16.3. The number of aldehydes is 1. The van der Waals surface area contributed by atoms with Crippen LogP contribution in [0, 0.1) is 5.92 Å². The van der Waals surface area contributed by atoms with Gasteiger partial charge < -0.3 is 14.1 Å². The minimum atomic E-state index is 0.353. The molecule has 4 nitrogen and oxygen atoms in total. The zero-order valence-corrected chi connectivity index (χ0v) is 10.6. The Morgan fingerprint density at radius 3 is 3.12 bits per heavy atom. The average molecular weight is 236 g/mol. The maximum absolute atomic E-state index is 10.4. The van der Waals surface area contributed by atoms with Crippen molar-refractivity contribution in [1.29, 1.82) is 0 Å². The quantitative estimate of drug-likeness (QED) is 0.730. The second kappa shape index (κ2) is 5.45. The Hall–Kier alpha value is -1.16. The van der Waals surface area contributed by atoms with Crippen LogP contribution in [0.15, 0.2) is 10.7 Å². The minimum Gasteiger partial charge on any atom is -0.449 e. The molecule has 94 valence electrons. The summed E-state index contributed by atoms with van der Waals surface area (Å²) >= 11 is 0. The van der Waals surface area contributed by atoms with Gasteiger partial charge in [0.1, 0.15) is 12.5 Å². The van der Waals surface area contributed by atoms with Crippen LogP contribution in [0.25, 0.3) is 0 Å². The molecule has 1 aromatic heterocycles. The Kier molecular flexibility index (Phi) is 3.94. The molecule has 1 aliphatic heterocycles. The van der Waals surface area contributed by atoms with Gasteiger partial charge in [-0.1, -0.05) is 0 Å². The number of nitrogens with zero attached hydrogens (tertiary/aromatic N) is 2. The molecule has 1 fully saturated rings. The number of oxazole rings is 1. The van der Waals surface area contributed by atoms with Gasteiger partial charge in [-0.25, -0.2) is 4.98 Å². The summed E-state index contributed by atoms with van der Waals surface area (Å²) in [6, 6.07) is 0.621. The predicted molar refractivity (Wildman–Crippen MR) is 64.8 cm³/mol. The molecule has 2 rings (SSSR count). The van der Waals surface area contributed by atoms with Crippen LogP contribution in [0.2, 0.25) is 0 Å². The van der Waals surface area contributed by atoms with E-state index in [0.29, 0.717) is 18.4 Å². The molecule has 0 aliphatic carbocycles. The summed E-state index contributed by atoms with van der Waals surface area (Å²) in [6.45, 7) is 6.76. The van der Waals surface area contributed by atoms with E-state index in [1.54, 1.807) is 6.26 Å². The van der Waals surface area contributed by atoms with Crippen LogP contribution in [0.5, 0.6) is 0 Å². The van der Waals surface area contributed by atoms with Crippen LogP contribution >= 0.6 is 0 Å². The fourth-order valence-electron chi connectivity index (χ4n) is 2.37. The van der Waals surface area contributed by atoms with Crippen molar-refractivity contribution < 1.29 is 9.21 Å². The Morgan fingerprint density at radius 1 is 1.65 bits per heavy atom. The first-order chi connectivity index (χ1) is 8.19. The third-order valence-electron chi connectivity index (χ3n) is 3.40. The molecule has 0 aromatic carbocycles. The number of carbonyl (C=O) groups excluding carboxylic acids is 1. The van der Waals surface area contributed by atoms with Gasteiger partial charge in [0.25, 0.3) is 0 Å². The molecule has 0 spiro atoms. The Morgan fingerprint density at radius 2 is 2.47 bits per heavy atom. The third kappa shape index (κ3) is 3.16. The number of rotatable bonds is 5. The summed E-state index contributed by atoms with van der Waals surface area (Å²) in [5, 5.41) is 0. The molecule has 0 saturated carbocycles. The maximum Gasteiger partial charge on any atom is 0.194 e. The van der Waals surface area contributed by atoms with Gasteiger partial charge in [0, 0.05) is 25.4 Å². The molecule has 1 atom stereocenters. The molecular weight excluding hydrogens is 216 g/mol. The van der Waals surface area contributed by atoms with E-state index in [0.717, 1.165) is 30.8 Å². The Bertz CT molecular complexity index is 373. The molecule has 1 aromatic rings. The summed E-state index contributed by atoms with van der Waals surface area (Å²) in [7, 11) is 0. The van der Waals surface area contributed by atoms with Crippen molar-refractivity contribution in [2.45, 2.75) is 39.2 Å². The first-order valence-electron chi connectivity index (χ1n) is 6.30. The highest BCUT2D eigenvalue weighted by Crippen LogP contribution is 2.22. The van der Waals surface area contributed by atoms with Gasteiger partial charge in [-0.2, -0.15) is 0 Å². The summed E-state index contributed by atoms with van der Waals surface area (Å²) in [6.07, 6.45) is 4.91. The van der Waals surface area contributed by atoms with E-state index in [1.165, 1.54) is 13.0 Å². The highest BCUT2D eigenvalue weighted by Gasteiger charge is 2.25. The largest absolute Gasteiger partial charge is 0.449 e. The van der Waals surface area contributed by atoms with Gasteiger partial charge in [-0.15, -0.1) is 0 Å². The SMILES string of the molecule is CC(C)N1CCC(Cc2nc(CC=O)co2)C1. The van der Waals surface area contributed by atoms with Crippen LogP contribution in [-0.4, -0.2) is 35.3 Å². The van der Waals surface area contributed by atoms with Crippen molar-refractivity contribution in [1.82, 2.24) is 9.88 Å². The lowest BCUT2D eigenvalue weighted by Crippen LogP contribution is -2.28. The second-order valence-electron chi connectivity index (χ2n) is 5.05. The van der Waals surface area contributed by atoms with Gasteiger partial charge in [-0.05, 0) is 32.7 Å². The standard InChI is InChI=1S/C13H20N2O2/c1-10(2)15-5-3-11(8-15)7-13-14-12(4-6-16)9-17-13/h6,9-11H,3-5,7-8H2,1-2H3. The fraction of sp³-hybridized carbons (Fsp3) is 0.692. The van der Waals surface area contributed by atoms with Crippen LogP contribution in [-0.2, 0) is 17.6 Å². The molecule has 17 heavy (non-hydrogen) atoms. The second-order valence-corrected chi connectivity index (χ2v) is 5.05. The number of aromatic nitrogens is 1. The van der Waals surface area contributed by atoms with Gasteiger partial charge in [-0.3, -0.25) is 0 Å². The summed E-state index contributed by atoms with van der Waals surface area (Å²) in [4.78, 5) is 17.2. The molecule has 1 unspecified atom stereocenters. The number of likely N-dealkylation sites (tertiary alicyclic amines) is 1. The number of hydrogen-bond acceptors (Lipinski definition) is 4. The topological polar surface area (TPSA) is 46.3 Å². The van der Waals surface area contributed by atoms with E-state index >= 15 is 0 Å². The number of carbonyl (C=O) groups is 1. The van der Waals surface area contributed by atoms with Gasteiger partial charge in [0.2, 0.25) is 0 Å². The van der Waals surface area contributed by atoms with E-state index in [9.17, 15) is 4.79 Å². The van der Waals surface area contributed by atoms with E-state index in [4.69, 9.17) is 4.42 Å². The van der Waals surface area contributed by atoms with Crippen molar-refractivity contribution in [3.63, 3.8) is 0 Å². The molecule has 1 aliphatic rings. The summed E-state index contributed by atoms with van der Waals surface area (Å²) < 4.78 is 5.39. The van der Waals surface area contributed by atoms with Gasteiger partial charge in [0.05, 0.1) is 5.69 Å². The van der Waals surface area contributed by atoms with E-state index in [2.05, 4.69) is 23.7 Å². The lowest BCUT2D eigenvalue weighted by molar-refractivity contribution is -0.107. The zero-order chi connectivity index (χ0) is 12.3. The van der Waals surface area contributed by atoms with Crippen molar-refractivity contribution in [3.8, 4) is 0 Å². The smallest absolute Gasteiger partial charge is 0.194 e. The fourth-order valence-corrected chi connectivity index (χ4v) is 2.37. The van der Waals surface area contributed by atoms with Gasteiger partial charge >= 0.3 is 0 Å². The first-order valence-corrected chi connectivity index (χ1v) is 6.30. The molecule has 0 amide bonds. The van der Waals surface area contributed by atoms with Crippen molar-refractivity contribution in [3.05, 3.63) is 17.8 Å². The van der Waals surface area contributed by atoms with Crippen LogP contribution in [0.4, 0.5) is 0 Å². The van der Waals surface area contributed by atoms with E-state index < -0.39 is 0 Å². The number of hydrogen-bond donors (Lipinski definition) is 0. The Balaban J connectivity index is 1.86. The third-order valence-corrected chi connectivity index (χ3v) is 3.40. The van der Waals surface area contributed by atoms with Crippen LogP contribution < -0.4 is 0 Å². The highest BCUT2D eigenvalue weighted by molar-refractivity contribution is 5.53. The lowest BCUT2D eigenvalue weighted by atomic mass is 10.1. The first kappa shape index (κ1) is 12.3. The molecule has 0 N–H and O–H groups in total. The Labute approximate surface area is 102 Å². The van der Waals surface area contributed by atoms with Crippen molar-refractivity contribution in [2.24, 2.45) is 5.92 Å².